The van der Waals surface area contributed by atoms with Crippen molar-refractivity contribution in [2.75, 3.05) is 23.8 Å². The molecule has 0 saturated heterocycles. The van der Waals surface area contributed by atoms with E-state index in [1.54, 1.807) is 19.1 Å². The maximum absolute atomic E-state index is 12.4. The summed E-state index contributed by atoms with van der Waals surface area (Å²) < 4.78 is 5.20. The van der Waals surface area contributed by atoms with Crippen LogP contribution in [0.15, 0.2) is 24.3 Å². The zero-order valence-corrected chi connectivity index (χ0v) is 16.1. The van der Waals surface area contributed by atoms with E-state index >= 15 is 0 Å². The molecule has 1 aromatic heterocycles. The molecule has 0 aliphatic heterocycles. The van der Waals surface area contributed by atoms with E-state index in [9.17, 15) is 9.59 Å². The van der Waals surface area contributed by atoms with Gasteiger partial charge < -0.3 is 15.4 Å². The maximum Gasteiger partial charge on any atom is 0.341 e. The number of esters is 1. The van der Waals surface area contributed by atoms with Gasteiger partial charge in [-0.3, -0.25) is 4.79 Å². The zero-order chi connectivity index (χ0) is 18.5. The third kappa shape index (κ3) is 4.37. The minimum Gasteiger partial charge on any atom is -0.462 e. The van der Waals surface area contributed by atoms with Crippen LogP contribution in [0.5, 0.6) is 0 Å². The first kappa shape index (κ1) is 18.7. The monoisotopic (exact) mass is 392 g/mol. The normalized spacial score (nSPS) is 13.0. The Bertz CT molecular complexity index is 819. The van der Waals surface area contributed by atoms with Crippen LogP contribution in [0.3, 0.4) is 0 Å². The van der Waals surface area contributed by atoms with Crippen molar-refractivity contribution in [1.82, 2.24) is 0 Å². The number of carbonyl (C=O) groups excluding carboxylic acids is 2. The van der Waals surface area contributed by atoms with Gasteiger partial charge in [0.2, 0.25) is 5.91 Å². The molecular formula is C19H21ClN2O3S. The fourth-order valence-electron chi connectivity index (χ4n) is 3.02. The predicted molar refractivity (Wildman–Crippen MR) is 105 cm³/mol. The SMILES string of the molecule is CCOC(=O)c1c(NC(=O)CNc2cccc(Cl)c2)sc2c1CCCC2. The Morgan fingerprint density at radius 3 is 2.85 bits per heavy atom. The number of aryl methyl sites for hydroxylation is 1. The van der Waals surface area contributed by atoms with Crippen molar-refractivity contribution in [3.8, 4) is 0 Å². The number of carbonyl (C=O) groups is 2. The molecule has 0 unspecified atom stereocenters. The first-order valence-corrected chi connectivity index (χ1v) is 9.89. The minimum absolute atomic E-state index is 0.0885. The third-order valence-corrected chi connectivity index (χ3v) is 5.62. The second-order valence-corrected chi connectivity index (χ2v) is 7.59. The van der Waals surface area contributed by atoms with Crippen molar-refractivity contribution in [2.45, 2.75) is 32.6 Å². The summed E-state index contributed by atoms with van der Waals surface area (Å²) in [6.07, 6.45) is 3.97. The Morgan fingerprint density at radius 1 is 1.27 bits per heavy atom. The summed E-state index contributed by atoms with van der Waals surface area (Å²) in [4.78, 5) is 25.9. The third-order valence-electron chi connectivity index (χ3n) is 4.18. The van der Waals surface area contributed by atoms with E-state index in [1.165, 1.54) is 16.2 Å². The van der Waals surface area contributed by atoms with Crippen molar-refractivity contribution in [2.24, 2.45) is 0 Å². The van der Waals surface area contributed by atoms with E-state index in [1.807, 2.05) is 12.1 Å². The number of halogens is 1. The second kappa shape index (κ2) is 8.56. The van der Waals surface area contributed by atoms with Gasteiger partial charge in [0, 0.05) is 15.6 Å². The van der Waals surface area contributed by atoms with E-state index in [0.29, 0.717) is 22.2 Å². The molecule has 1 aromatic carbocycles. The Hall–Kier alpha value is -2.05. The number of amides is 1. The summed E-state index contributed by atoms with van der Waals surface area (Å²) in [6.45, 7) is 2.18. The van der Waals surface area contributed by atoms with Crippen LogP contribution in [0.1, 0.15) is 40.6 Å². The summed E-state index contributed by atoms with van der Waals surface area (Å²) in [5.74, 6) is -0.570. The van der Waals surface area contributed by atoms with Crippen LogP contribution in [0.4, 0.5) is 10.7 Å². The van der Waals surface area contributed by atoms with E-state index in [2.05, 4.69) is 10.6 Å². The number of fused-ring (bicyclic) bond motifs is 1. The van der Waals surface area contributed by atoms with E-state index in [0.717, 1.165) is 36.9 Å². The number of benzene rings is 1. The summed E-state index contributed by atoms with van der Waals surface area (Å²) in [6, 6.07) is 7.18. The van der Waals surface area contributed by atoms with Gasteiger partial charge in [-0.1, -0.05) is 17.7 Å². The van der Waals surface area contributed by atoms with Gasteiger partial charge >= 0.3 is 5.97 Å². The lowest BCUT2D eigenvalue weighted by atomic mass is 9.95. The van der Waals surface area contributed by atoms with Gasteiger partial charge in [0.1, 0.15) is 5.00 Å². The van der Waals surface area contributed by atoms with Crippen molar-refractivity contribution in [1.29, 1.82) is 0 Å². The Balaban J connectivity index is 1.73. The molecule has 0 atom stereocenters. The van der Waals surface area contributed by atoms with Crippen molar-refractivity contribution in [3.05, 3.63) is 45.3 Å². The van der Waals surface area contributed by atoms with Crippen LogP contribution in [0.2, 0.25) is 5.02 Å². The summed E-state index contributed by atoms with van der Waals surface area (Å²) in [5.41, 5.74) is 2.34. The van der Waals surface area contributed by atoms with Crippen LogP contribution >= 0.6 is 22.9 Å². The molecule has 0 radical (unpaired) electrons. The average molecular weight is 393 g/mol. The maximum atomic E-state index is 12.4. The standard InChI is InChI=1S/C19H21ClN2O3S/c1-2-25-19(24)17-14-8-3-4-9-15(14)26-18(17)22-16(23)11-21-13-7-5-6-12(20)10-13/h5-7,10,21H,2-4,8-9,11H2,1H3,(H,22,23). The molecule has 0 bridgehead atoms. The highest BCUT2D eigenvalue weighted by molar-refractivity contribution is 7.17. The largest absolute Gasteiger partial charge is 0.462 e. The molecular weight excluding hydrogens is 372 g/mol. The molecule has 1 aliphatic rings. The quantitative estimate of drug-likeness (QED) is 0.710. The Kier molecular flexibility index (Phi) is 6.16. The molecule has 0 saturated carbocycles. The van der Waals surface area contributed by atoms with Crippen molar-refractivity contribution < 1.29 is 14.3 Å². The van der Waals surface area contributed by atoms with E-state index < -0.39 is 0 Å². The molecule has 2 N–H and O–H groups in total. The van der Waals surface area contributed by atoms with Crippen molar-refractivity contribution >= 4 is 45.5 Å². The Morgan fingerprint density at radius 2 is 2.08 bits per heavy atom. The van der Waals surface area contributed by atoms with Gasteiger partial charge in [0.25, 0.3) is 0 Å². The zero-order valence-electron chi connectivity index (χ0n) is 14.6. The van der Waals surface area contributed by atoms with Crippen LogP contribution in [0, 0.1) is 0 Å². The van der Waals surface area contributed by atoms with Gasteiger partial charge in [-0.05, 0) is 56.4 Å². The van der Waals surface area contributed by atoms with E-state index in [-0.39, 0.29) is 18.4 Å². The number of anilines is 2. The molecule has 3 rings (SSSR count). The van der Waals surface area contributed by atoms with Crippen LogP contribution in [-0.2, 0) is 22.4 Å². The highest BCUT2D eigenvalue weighted by Crippen LogP contribution is 2.38. The highest BCUT2D eigenvalue weighted by Gasteiger charge is 2.27. The van der Waals surface area contributed by atoms with Gasteiger partial charge in [0.15, 0.2) is 0 Å². The topological polar surface area (TPSA) is 67.4 Å². The lowest BCUT2D eigenvalue weighted by Crippen LogP contribution is -2.22. The number of hydrogen-bond donors (Lipinski definition) is 2. The second-order valence-electron chi connectivity index (χ2n) is 6.05. The lowest BCUT2D eigenvalue weighted by Gasteiger charge is -2.12. The van der Waals surface area contributed by atoms with Gasteiger partial charge in [0.05, 0.1) is 18.7 Å². The molecule has 5 nitrogen and oxygen atoms in total. The first-order chi connectivity index (χ1) is 12.6. The van der Waals surface area contributed by atoms with Crippen LogP contribution in [0.25, 0.3) is 0 Å². The molecule has 26 heavy (non-hydrogen) atoms. The number of thiophene rings is 1. The molecule has 138 valence electrons. The number of ether oxygens (including phenoxy) is 1. The van der Waals surface area contributed by atoms with Crippen LogP contribution < -0.4 is 10.6 Å². The van der Waals surface area contributed by atoms with Gasteiger partial charge in [-0.2, -0.15) is 0 Å². The number of nitrogens with one attached hydrogen (secondary N) is 2. The molecule has 2 aromatic rings. The Labute approximate surface area is 161 Å². The predicted octanol–water partition coefficient (Wildman–Crippen LogP) is 4.51. The summed E-state index contributed by atoms with van der Waals surface area (Å²) in [5, 5.41) is 7.10. The van der Waals surface area contributed by atoms with E-state index in [4.69, 9.17) is 16.3 Å². The van der Waals surface area contributed by atoms with Gasteiger partial charge in [-0.15, -0.1) is 11.3 Å². The number of hydrogen-bond acceptors (Lipinski definition) is 5. The van der Waals surface area contributed by atoms with Crippen molar-refractivity contribution in [3.63, 3.8) is 0 Å². The summed E-state index contributed by atoms with van der Waals surface area (Å²) in [7, 11) is 0. The fraction of sp³-hybridized carbons (Fsp3) is 0.368. The smallest absolute Gasteiger partial charge is 0.341 e. The molecule has 0 fully saturated rings. The molecule has 1 heterocycles. The minimum atomic E-state index is -0.356. The average Bonchev–Trinajstić information content (AvgIpc) is 2.98. The first-order valence-electron chi connectivity index (χ1n) is 8.69. The highest BCUT2D eigenvalue weighted by atomic mass is 35.5. The number of rotatable bonds is 6. The summed E-state index contributed by atoms with van der Waals surface area (Å²) >= 11 is 7.43. The molecule has 1 amide bonds. The van der Waals surface area contributed by atoms with Crippen LogP contribution in [-0.4, -0.2) is 25.0 Å². The molecule has 7 heteroatoms. The van der Waals surface area contributed by atoms with Gasteiger partial charge in [-0.25, -0.2) is 4.79 Å². The fourth-order valence-corrected chi connectivity index (χ4v) is 4.51. The molecule has 0 spiro atoms. The molecule has 1 aliphatic carbocycles. The lowest BCUT2D eigenvalue weighted by molar-refractivity contribution is -0.114.